The molecular formula is C29H48N2O5. The van der Waals surface area contributed by atoms with Gasteiger partial charge in [0.2, 0.25) is 5.91 Å². The van der Waals surface area contributed by atoms with Crippen LogP contribution in [0.3, 0.4) is 0 Å². The third-order valence-electron chi connectivity index (χ3n) is 6.03. The van der Waals surface area contributed by atoms with Gasteiger partial charge in [-0.1, -0.05) is 63.8 Å². The summed E-state index contributed by atoms with van der Waals surface area (Å²) in [4.78, 5) is 37.9. The summed E-state index contributed by atoms with van der Waals surface area (Å²) in [6.45, 7) is 12.1. The van der Waals surface area contributed by atoms with Crippen LogP contribution in [-0.4, -0.2) is 62.1 Å². The largest absolute Gasteiger partial charge is 0.465 e. The Morgan fingerprint density at radius 2 is 1.33 bits per heavy atom. The van der Waals surface area contributed by atoms with Crippen molar-refractivity contribution in [3.63, 3.8) is 0 Å². The molecule has 1 rings (SSSR count). The fourth-order valence-corrected chi connectivity index (χ4v) is 4.09. The van der Waals surface area contributed by atoms with Crippen LogP contribution in [0.2, 0.25) is 0 Å². The molecule has 36 heavy (non-hydrogen) atoms. The smallest absolute Gasteiger partial charge is 0.320 e. The van der Waals surface area contributed by atoms with Gasteiger partial charge in [0.25, 0.3) is 0 Å². The van der Waals surface area contributed by atoms with Crippen molar-refractivity contribution in [2.75, 3.05) is 39.4 Å². The van der Waals surface area contributed by atoms with E-state index in [4.69, 9.17) is 9.47 Å². The van der Waals surface area contributed by atoms with E-state index in [-0.39, 0.29) is 36.9 Å². The van der Waals surface area contributed by atoms with E-state index in [0.29, 0.717) is 32.2 Å². The van der Waals surface area contributed by atoms with Crippen LogP contribution in [0.15, 0.2) is 24.3 Å². The van der Waals surface area contributed by atoms with E-state index in [9.17, 15) is 14.4 Å². The number of amides is 1. The predicted octanol–water partition coefficient (Wildman–Crippen LogP) is 4.87. The Hall–Kier alpha value is -2.41. The second-order valence-electron chi connectivity index (χ2n) is 9.79. The van der Waals surface area contributed by atoms with E-state index in [1.807, 2.05) is 6.92 Å². The lowest BCUT2D eigenvalue weighted by Crippen LogP contribution is -2.36. The summed E-state index contributed by atoms with van der Waals surface area (Å²) in [5, 5.41) is 3.07. The maximum Gasteiger partial charge on any atom is 0.320 e. The second-order valence-corrected chi connectivity index (χ2v) is 9.79. The highest BCUT2D eigenvalue weighted by atomic mass is 16.5. The molecule has 0 aliphatic carbocycles. The summed E-state index contributed by atoms with van der Waals surface area (Å²) in [5.74, 6) is -0.0818. The fourth-order valence-electron chi connectivity index (χ4n) is 4.09. The number of carbonyl (C=O) groups is 3. The Balaban J connectivity index is 2.20. The summed E-state index contributed by atoms with van der Waals surface area (Å²) in [6.07, 6.45) is 7.19. The molecule has 1 atom stereocenters. The van der Waals surface area contributed by atoms with E-state index in [0.717, 1.165) is 50.5 Å². The molecule has 1 amide bonds. The van der Waals surface area contributed by atoms with Gasteiger partial charge in [0, 0.05) is 6.54 Å². The molecule has 1 N–H and O–H groups in total. The first-order valence-corrected chi connectivity index (χ1v) is 13.7. The van der Waals surface area contributed by atoms with Gasteiger partial charge in [-0.3, -0.25) is 19.3 Å². The first kappa shape index (κ1) is 31.6. The van der Waals surface area contributed by atoms with E-state index in [1.165, 1.54) is 5.56 Å². The number of benzene rings is 1. The van der Waals surface area contributed by atoms with Gasteiger partial charge >= 0.3 is 11.9 Å². The maximum absolute atomic E-state index is 12.5. The number of nitrogens with one attached hydrogen (secondary N) is 1. The Morgan fingerprint density at radius 1 is 0.806 bits per heavy atom. The monoisotopic (exact) mass is 504 g/mol. The molecule has 0 heterocycles. The summed E-state index contributed by atoms with van der Waals surface area (Å²) in [5.41, 5.74) is 2.37. The average Bonchev–Trinajstić information content (AvgIpc) is 2.82. The second kappa shape index (κ2) is 18.8. The lowest BCUT2D eigenvalue weighted by molar-refractivity contribution is -0.148. The highest BCUT2D eigenvalue weighted by Crippen LogP contribution is 2.18. The number of hydrogen-bond acceptors (Lipinski definition) is 6. The number of hydrogen-bond donors (Lipinski definition) is 1. The lowest BCUT2D eigenvalue weighted by atomic mass is 9.96. The van der Waals surface area contributed by atoms with Crippen molar-refractivity contribution >= 4 is 17.8 Å². The minimum absolute atomic E-state index is 0.0786. The third-order valence-corrected chi connectivity index (χ3v) is 6.03. The highest BCUT2D eigenvalue weighted by molar-refractivity contribution is 5.83. The minimum Gasteiger partial charge on any atom is -0.465 e. The molecule has 0 unspecified atom stereocenters. The van der Waals surface area contributed by atoms with E-state index < -0.39 is 0 Å². The molecule has 0 aliphatic rings. The normalized spacial score (nSPS) is 12.0. The van der Waals surface area contributed by atoms with Gasteiger partial charge < -0.3 is 14.8 Å². The molecule has 1 aromatic carbocycles. The minimum atomic E-state index is -0.318. The molecule has 1 aromatic rings. The number of esters is 2. The first-order chi connectivity index (χ1) is 17.3. The molecule has 0 spiro atoms. The fraction of sp³-hybridized carbons (Fsp3) is 0.690. The Kier molecular flexibility index (Phi) is 16.5. The molecule has 204 valence electrons. The van der Waals surface area contributed by atoms with Gasteiger partial charge in [-0.15, -0.1) is 0 Å². The van der Waals surface area contributed by atoms with Crippen LogP contribution in [0.5, 0.6) is 0 Å². The quantitative estimate of drug-likeness (QED) is 0.214. The van der Waals surface area contributed by atoms with Crippen molar-refractivity contribution in [2.45, 2.75) is 85.5 Å². The van der Waals surface area contributed by atoms with Gasteiger partial charge in [-0.25, -0.2) is 0 Å². The molecular weight excluding hydrogens is 456 g/mol. The molecule has 0 aromatic heterocycles. The molecule has 0 saturated heterocycles. The van der Waals surface area contributed by atoms with Gasteiger partial charge in [-0.2, -0.15) is 0 Å². The molecule has 7 heteroatoms. The van der Waals surface area contributed by atoms with Crippen LogP contribution in [-0.2, 0) is 30.3 Å². The Morgan fingerprint density at radius 3 is 1.86 bits per heavy atom. The molecule has 0 bridgehead atoms. The number of unbranched alkanes of at least 4 members (excludes halogenated alkanes) is 5. The average molecular weight is 505 g/mol. The Bertz CT molecular complexity index is 743. The molecule has 0 fully saturated rings. The molecule has 0 aliphatic heterocycles. The number of rotatable bonds is 19. The maximum atomic E-state index is 12.5. The van der Waals surface area contributed by atoms with Gasteiger partial charge in [0.1, 0.15) is 0 Å². The zero-order chi connectivity index (χ0) is 26.8. The van der Waals surface area contributed by atoms with Crippen molar-refractivity contribution in [3.05, 3.63) is 35.4 Å². The standard InChI is InChI=1S/C29H48N2O5/c1-6-35-27(32)21-31(22-28(33)36-7-2)19-13-11-9-8-10-12-18-30-29(34)24(5)26-16-14-25(15-17-26)20-23(3)4/h14-17,23-24H,6-13,18-22H2,1-5H3,(H,30,34)/t24-/m0/s1. The van der Waals surface area contributed by atoms with Gasteiger partial charge in [-0.05, 0) is 63.6 Å². The van der Waals surface area contributed by atoms with E-state index in [1.54, 1.807) is 18.7 Å². The van der Waals surface area contributed by atoms with Crippen molar-refractivity contribution in [1.29, 1.82) is 0 Å². The van der Waals surface area contributed by atoms with Crippen molar-refractivity contribution in [1.82, 2.24) is 10.2 Å². The van der Waals surface area contributed by atoms with Crippen molar-refractivity contribution in [2.24, 2.45) is 5.92 Å². The van der Waals surface area contributed by atoms with Crippen LogP contribution >= 0.6 is 0 Å². The zero-order valence-corrected chi connectivity index (χ0v) is 23.1. The lowest BCUT2D eigenvalue weighted by Gasteiger charge is -2.20. The van der Waals surface area contributed by atoms with Crippen molar-refractivity contribution in [3.8, 4) is 0 Å². The Labute approximate surface area is 218 Å². The SMILES string of the molecule is CCOC(=O)CN(CCCCCCCCNC(=O)[C@@H](C)c1ccc(CC(C)C)cc1)CC(=O)OCC. The summed E-state index contributed by atoms with van der Waals surface area (Å²) < 4.78 is 10.0. The molecule has 7 nitrogen and oxygen atoms in total. The van der Waals surface area contributed by atoms with Gasteiger partial charge in [0.05, 0.1) is 32.2 Å². The third kappa shape index (κ3) is 14.2. The van der Waals surface area contributed by atoms with Crippen LogP contribution in [0.25, 0.3) is 0 Å². The highest BCUT2D eigenvalue weighted by Gasteiger charge is 2.16. The molecule has 0 saturated carbocycles. The summed E-state index contributed by atoms with van der Waals surface area (Å²) in [7, 11) is 0. The van der Waals surface area contributed by atoms with Crippen molar-refractivity contribution < 1.29 is 23.9 Å². The number of nitrogens with zero attached hydrogens (tertiary/aromatic N) is 1. The topological polar surface area (TPSA) is 84.9 Å². The van der Waals surface area contributed by atoms with Crippen LogP contribution in [0, 0.1) is 5.92 Å². The summed E-state index contributed by atoms with van der Waals surface area (Å²) >= 11 is 0. The number of carbonyl (C=O) groups excluding carboxylic acids is 3. The molecule has 0 radical (unpaired) electrons. The van der Waals surface area contributed by atoms with Crippen LogP contribution < -0.4 is 5.32 Å². The van der Waals surface area contributed by atoms with Gasteiger partial charge in [0.15, 0.2) is 0 Å². The first-order valence-electron chi connectivity index (χ1n) is 13.7. The van der Waals surface area contributed by atoms with Crippen LogP contribution in [0.1, 0.15) is 90.2 Å². The predicted molar refractivity (Wildman–Crippen MR) is 144 cm³/mol. The number of ether oxygens (including phenoxy) is 2. The van der Waals surface area contributed by atoms with Crippen LogP contribution in [0.4, 0.5) is 0 Å². The zero-order valence-electron chi connectivity index (χ0n) is 23.1. The summed E-state index contributed by atoms with van der Waals surface area (Å²) in [6, 6.07) is 8.41. The van der Waals surface area contributed by atoms with E-state index >= 15 is 0 Å². The van der Waals surface area contributed by atoms with E-state index in [2.05, 4.69) is 43.4 Å².